The molecule has 0 radical (unpaired) electrons. The maximum Gasteiger partial charge on any atom is 0.169 e. The Labute approximate surface area is 142 Å². The van der Waals surface area contributed by atoms with Crippen molar-refractivity contribution in [2.75, 3.05) is 0 Å². The molecular formula is C18H28O6. The van der Waals surface area contributed by atoms with Crippen LogP contribution in [0.3, 0.4) is 0 Å². The standard InChI is InChI=1S/C18H28O6/c19-11-12(20)14-16(24-18(22-14)9-5-2-6-10-18)15-13(11)21-17(23-15)7-3-1-4-8-17/h11-16,19-20H,1-10H2/t11-,12-,13-,14-,15-,16-/m1/s1. The highest BCUT2D eigenvalue weighted by Crippen LogP contribution is 2.51. The van der Waals surface area contributed by atoms with Crippen LogP contribution in [0.15, 0.2) is 0 Å². The lowest BCUT2D eigenvalue weighted by atomic mass is 9.85. The Balaban J connectivity index is 1.42. The molecule has 2 aliphatic heterocycles. The molecule has 2 spiro atoms. The maximum atomic E-state index is 10.6. The number of aliphatic hydroxyl groups excluding tert-OH is 2. The molecular weight excluding hydrogens is 312 g/mol. The molecule has 0 aromatic heterocycles. The molecule has 6 nitrogen and oxygen atoms in total. The summed E-state index contributed by atoms with van der Waals surface area (Å²) in [5.74, 6) is -1.20. The lowest BCUT2D eigenvalue weighted by Crippen LogP contribution is -2.61. The molecule has 3 aliphatic carbocycles. The molecule has 136 valence electrons. The van der Waals surface area contributed by atoms with Crippen molar-refractivity contribution in [2.45, 2.75) is 112 Å². The Morgan fingerprint density at radius 3 is 1.21 bits per heavy atom. The summed E-state index contributed by atoms with van der Waals surface area (Å²) in [6.07, 6.45) is 6.38. The summed E-state index contributed by atoms with van der Waals surface area (Å²) < 4.78 is 25.1. The first-order chi connectivity index (χ1) is 11.6. The molecule has 2 heterocycles. The predicted octanol–water partition coefficient (Wildman–Crippen LogP) is 1.61. The van der Waals surface area contributed by atoms with Crippen LogP contribution in [0.2, 0.25) is 0 Å². The van der Waals surface area contributed by atoms with Crippen molar-refractivity contribution in [3.05, 3.63) is 0 Å². The van der Waals surface area contributed by atoms with Crippen molar-refractivity contribution in [1.82, 2.24) is 0 Å². The Morgan fingerprint density at radius 2 is 0.833 bits per heavy atom. The second-order valence-corrected chi connectivity index (χ2v) is 8.25. The first kappa shape index (κ1) is 16.0. The summed E-state index contributed by atoms with van der Waals surface area (Å²) in [5.41, 5.74) is 0. The van der Waals surface area contributed by atoms with Crippen LogP contribution in [0.1, 0.15) is 64.2 Å². The third-order valence-corrected chi connectivity index (χ3v) is 6.63. The highest BCUT2D eigenvalue weighted by Gasteiger charge is 2.65. The van der Waals surface area contributed by atoms with Gasteiger partial charge in [0.1, 0.15) is 36.6 Å². The smallest absolute Gasteiger partial charge is 0.169 e. The van der Waals surface area contributed by atoms with Gasteiger partial charge in [-0.1, -0.05) is 12.8 Å². The molecule has 0 aromatic carbocycles. The van der Waals surface area contributed by atoms with Crippen LogP contribution < -0.4 is 0 Å². The van der Waals surface area contributed by atoms with E-state index >= 15 is 0 Å². The van der Waals surface area contributed by atoms with Gasteiger partial charge in [-0.2, -0.15) is 0 Å². The fraction of sp³-hybridized carbons (Fsp3) is 1.00. The van der Waals surface area contributed by atoms with Gasteiger partial charge in [0.25, 0.3) is 0 Å². The lowest BCUT2D eigenvalue weighted by Gasteiger charge is -2.38. The van der Waals surface area contributed by atoms with Crippen molar-refractivity contribution in [3.8, 4) is 0 Å². The van der Waals surface area contributed by atoms with Gasteiger partial charge in [-0.15, -0.1) is 0 Å². The zero-order valence-electron chi connectivity index (χ0n) is 14.1. The minimum Gasteiger partial charge on any atom is -0.387 e. The van der Waals surface area contributed by atoms with E-state index in [9.17, 15) is 10.2 Å². The fourth-order valence-corrected chi connectivity index (χ4v) is 5.39. The van der Waals surface area contributed by atoms with E-state index in [-0.39, 0.29) is 12.2 Å². The molecule has 24 heavy (non-hydrogen) atoms. The zero-order chi connectivity index (χ0) is 16.4. The number of ether oxygens (including phenoxy) is 4. The Hall–Kier alpha value is -0.240. The van der Waals surface area contributed by atoms with Crippen LogP contribution in [-0.4, -0.2) is 58.4 Å². The van der Waals surface area contributed by atoms with E-state index in [1.165, 1.54) is 12.8 Å². The zero-order valence-corrected chi connectivity index (χ0v) is 14.1. The number of fused-ring (bicyclic) bond motifs is 3. The molecule has 0 bridgehead atoms. The van der Waals surface area contributed by atoms with E-state index in [1.807, 2.05) is 0 Å². The first-order valence-electron chi connectivity index (χ1n) is 9.69. The molecule has 0 unspecified atom stereocenters. The predicted molar refractivity (Wildman–Crippen MR) is 83.1 cm³/mol. The third kappa shape index (κ3) is 2.31. The van der Waals surface area contributed by atoms with Crippen molar-refractivity contribution < 1.29 is 29.2 Å². The van der Waals surface area contributed by atoms with Crippen LogP contribution in [0.4, 0.5) is 0 Å². The van der Waals surface area contributed by atoms with Crippen LogP contribution in [0.25, 0.3) is 0 Å². The van der Waals surface area contributed by atoms with Gasteiger partial charge in [0, 0.05) is 25.7 Å². The Bertz CT molecular complexity index is 440. The minimum absolute atomic E-state index is 0.354. The average Bonchev–Trinajstić information content (AvgIpc) is 3.14. The van der Waals surface area contributed by atoms with Crippen molar-refractivity contribution in [2.24, 2.45) is 0 Å². The topological polar surface area (TPSA) is 77.4 Å². The molecule has 5 fully saturated rings. The van der Waals surface area contributed by atoms with Crippen LogP contribution in [-0.2, 0) is 18.9 Å². The molecule has 0 aromatic rings. The highest BCUT2D eigenvalue weighted by atomic mass is 16.8. The fourth-order valence-electron chi connectivity index (χ4n) is 5.39. The lowest BCUT2D eigenvalue weighted by molar-refractivity contribution is -0.224. The summed E-state index contributed by atoms with van der Waals surface area (Å²) in [4.78, 5) is 0. The van der Waals surface area contributed by atoms with Crippen LogP contribution in [0, 0.1) is 0 Å². The molecule has 6 heteroatoms. The highest BCUT2D eigenvalue weighted by molar-refractivity contribution is 5.09. The van der Waals surface area contributed by atoms with Gasteiger partial charge < -0.3 is 29.2 Å². The number of hydrogen-bond acceptors (Lipinski definition) is 6. The maximum absolute atomic E-state index is 10.6. The van der Waals surface area contributed by atoms with E-state index in [2.05, 4.69) is 0 Å². The number of rotatable bonds is 0. The van der Waals surface area contributed by atoms with Crippen LogP contribution in [0.5, 0.6) is 0 Å². The van der Waals surface area contributed by atoms with E-state index in [4.69, 9.17) is 18.9 Å². The molecule has 6 atom stereocenters. The monoisotopic (exact) mass is 340 g/mol. The van der Waals surface area contributed by atoms with E-state index in [0.717, 1.165) is 51.4 Å². The first-order valence-corrected chi connectivity index (χ1v) is 9.69. The summed E-state index contributed by atoms with van der Waals surface area (Å²) in [6.45, 7) is 0. The molecule has 5 aliphatic rings. The Morgan fingerprint density at radius 1 is 0.500 bits per heavy atom. The van der Waals surface area contributed by atoms with E-state index in [1.54, 1.807) is 0 Å². The van der Waals surface area contributed by atoms with Gasteiger partial charge in [-0.25, -0.2) is 0 Å². The van der Waals surface area contributed by atoms with Crippen molar-refractivity contribution in [3.63, 3.8) is 0 Å². The van der Waals surface area contributed by atoms with Gasteiger partial charge in [0.2, 0.25) is 0 Å². The van der Waals surface area contributed by atoms with Gasteiger partial charge in [-0.3, -0.25) is 0 Å². The van der Waals surface area contributed by atoms with Gasteiger partial charge >= 0.3 is 0 Å². The Kier molecular flexibility index (Phi) is 3.75. The summed E-state index contributed by atoms with van der Waals surface area (Å²) >= 11 is 0. The normalized spacial score (nSPS) is 49.2. The summed E-state index contributed by atoms with van der Waals surface area (Å²) in [7, 11) is 0. The van der Waals surface area contributed by atoms with Gasteiger partial charge in [0.15, 0.2) is 11.6 Å². The summed E-state index contributed by atoms with van der Waals surface area (Å²) in [6, 6.07) is 0. The van der Waals surface area contributed by atoms with E-state index < -0.39 is 36.0 Å². The van der Waals surface area contributed by atoms with E-state index in [0.29, 0.717) is 0 Å². The molecule has 3 saturated carbocycles. The molecule has 0 amide bonds. The van der Waals surface area contributed by atoms with Crippen molar-refractivity contribution >= 4 is 0 Å². The average molecular weight is 340 g/mol. The van der Waals surface area contributed by atoms with Gasteiger partial charge in [-0.05, 0) is 25.7 Å². The van der Waals surface area contributed by atoms with Gasteiger partial charge in [0.05, 0.1) is 0 Å². The third-order valence-electron chi connectivity index (χ3n) is 6.63. The number of aliphatic hydroxyl groups is 2. The second-order valence-electron chi connectivity index (χ2n) is 8.25. The van der Waals surface area contributed by atoms with Crippen molar-refractivity contribution in [1.29, 1.82) is 0 Å². The molecule has 2 N–H and O–H groups in total. The quantitative estimate of drug-likeness (QED) is 0.698. The molecule has 5 rings (SSSR count). The largest absolute Gasteiger partial charge is 0.387 e. The SMILES string of the molecule is O[C@@H]1[C@@H](O)[C@H]2OC3(CCCCC3)O[C@H]2[C@@H]2OC3(CCCCC3)O[C@H]12. The molecule has 2 saturated heterocycles. The van der Waals surface area contributed by atoms with Crippen LogP contribution >= 0.6 is 0 Å². The minimum atomic E-state index is -0.986. The number of hydrogen-bond donors (Lipinski definition) is 2. The summed E-state index contributed by atoms with van der Waals surface area (Å²) in [5, 5.41) is 21.2. The second kappa shape index (κ2) is 5.63.